The highest BCUT2D eigenvalue weighted by Crippen LogP contribution is 2.28. The number of halogens is 3. The SMILES string of the molecule is NNC(Cc1ccc(Br)cn1)c1ccc(Br)cc1Cl. The first-order chi connectivity index (χ1) is 9.10. The van der Waals surface area contributed by atoms with Crippen molar-refractivity contribution >= 4 is 43.5 Å². The van der Waals surface area contributed by atoms with Crippen molar-refractivity contribution in [2.45, 2.75) is 12.5 Å². The first kappa shape index (κ1) is 14.9. The highest BCUT2D eigenvalue weighted by atomic mass is 79.9. The molecule has 0 aliphatic carbocycles. The molecule has 0 fully saturated rings. The van der Waals surface area contributed by atoms with Crippen LogP contribution >= 0.6 is 43.5 Å². The summed E-state index contributed by atoms with van der Waals surface area (Å²) in [6.45, 7) is 0. The fourth-order valence-electron chi connectivity index (χ4n) is 1.78. The van der Waals surface area contributed by atoms with E-state index in [0.29, 0.717) is 11.4 Å². The molecule has 2 rings (SSSR count). The van der Waals surface area contributed by atoms with Crippen molar-refractivity contribution in [2.75, 3.05) is 0 Å². The summed E-state index contributed by atoms with van der Waals surface area (Å²) in [6, 6.07) is 9.60. The number of aromatic nitrogens is 1. The monoisotopic (exact) mass is 403 g/mol. The molecule has 6 heteroatoms. The summed E-state index contributed by atoms with van der Waals surface area (Å²) in [6.07, 6.45) is 2.44. The molecular formula is C13H12Br2ClN3. The van der Waals surface area contributed by atoms with Gasteiger partial charge in [0, 0.05) is 32.3 Å². The maximum Gasteiger partial charge on any atom is 0.0530 e. The van der Waals surface area contributed by atoms with Crippen LogP contribution in [0.3, 0.4) is 0 Å². The van der Waals surface area contributed by atoms with E-state index < -0.39 is 0 Å². The predicted octanol–water partition coefficient (Wildman–Crippen LogP) is 4.01. The van der Waals surface area contributed by atoms with Crippen LogP contribution in [-0.4, -0.2) is 4.98 Å². The number of hydrazine groups is 1. The van der Waals surface area contributed by atoms with E-state index >= 15 is 0 Å². The molecule has 3 N–H and O–H groups in total. The summed E-state index contributed by atoms with van der Waals surface area (Å²) in [5, 5.41) is 0.675. The van der Waals surface area contributed by atoms with Gasteiger partial charge in [-0.1, -0.05) is 33.6 Å². The van der Waals surface area contributed by atoms with Gasteiger partial charge < -0.3 is 0 Å². The van der Waals surface area contributed by atoms with Gasteiger partial charge in [0.1, 0.15) is 0 Å². The summed E-state index contributed by atoms with van der Waals surface area (Å²) in [5.41, 5.74) is 4.70. The standard InChI is InChI=1S/C13H12Br2ClN3/c14-8-2-4-11(12(16)5-8)13(19-17)6-10-3-1-9(15)7-18-10/h1-5,7,13,19H,6,17H2. The predicted molar refractivity (Wildman–Crippen MR) is 84.9 cm³/mol. The Hall–Kier alpha value is -0.460. The molecule has 0 radical (unpaired) electrons. The lowest BCUT2D eigenvalue weighted by Crippen LogP contribution is -2.30. The Morgan fingerprint density at radius 2 is 1.95 bits per heavy atom. The van der Waals surface area contributed by atoms with Gasteiger partial charge in [0.15, 0.2) is 0 Å². The van der Waals surface area contributed by atoms with Gasteiger partial charge in [0.2, 0.25) is 0 Å². The lowest BCUT2D eigenvalue weighted by Gasteiger charge is -2.17. The fourth-order valence-corrected chi connectivity index (χ4v) is 2.82. The Labute approximate surface area is 133 Å². The third-order valence-electron chi connectivity index (χ3n) is 2.74. The van der Waals surface area contributed by atoms with Crippen LogP contribution in [0.2, 0.25) is 5.02 Å². The van der Waals surface area contributed by atoms with Gasteiger partial charge in [-0.25, -0.2) is 0 Å². The Morgan fingerprint density at radius 1 is 1.21 bits per heavy atom. The Bertz CT molecular complexity index is 560. The second-order valence-electron chi connectivity index (χ2n) is 4.06. The van der Waals surface area contributed by atoms with Crippen LogP contribution in [0.1, 0.15) is 17.3 Å². The molecule has 0 amide bonds. The van der Waals surface area contributed by atoms with E-state index in [9.17, 15) is 0 Å². The van der Waals surface area contributed by atoms with Gasteiger partial charge in [-0.2, -0.15) is 0 Å². The van der Waals surface area contributed by atoms with Crippen LogP contribution < -0.4 is 11.3 Å². The molecule has 100 valence electrons. The Balaban J connectivity index is 2.22. The Morgan fingerprint density at radius 3 is 2.53 bits per heavy atom. The number of nitrogens with two attached hydrogens (primary N) is 1. The maximum absolute atomic E-state index is 6.24. The van der Waals surface area contributed by atoms with E-state index in [2.05, 4.69) is 42.3 Å². The minimum atomic E-state index is -0.0747. The molecule has 0 saturated carbocycles. The third-order valence-corrected chi connectivity index (χ3v) is 4.03. The number of rotatable bonds is 4. The molecule has 1 unspecified atom stereocenters. The summed E-state index contributed by atoms with van der Waals surface area (Å²) in [4.78, 5) is 4.34. The molecule has 1 aromatic carbocycles. The highest BCUT2D eigenvalue weighted by molar-refractivity contribution is 9.10. The molecule has 1 aromatic heterocycles. The van der Waals surface area contributed by atoms with Crippen molar-refractivity contribution in [1.82, 2.24) is 10.4 Å². The summed E-state index contributed by atoms with van der Waals surface area (Å²) in [7, 11) is 0. The van der Waals surface area contributed by atoms with Gasteiger partial charge in [-0.3, -0.25) is 16.3 Å². The molecule has 0 spiro atoms. The number of pyridine rings is 1. The van der Waals surface area contributed by atoms with Crippen LogP contribution in [0.15, 0.2) is 45.5 Å². The van der Waals surface area contributed by atoms with Gasteiger partial charge in [0.05, 0.1) is 6.04 Å². The average molecular weight is 406 g/mol. The number of nitrogens with zero attached hydrogens (tertiary/aromatic N) is 1. The zero-order valence-electron chi connectivity index (χ0n) is 9.91. The first-order valence-corrected chi connectivity index (χ1v) is 7.58. The molecule has 1 atom stereocenters. The topological polar surface area (TPSA) is 50.9 Å². The third kappa shape index (κ3) is 4.00. The van der Waals surface area contributed by atoms with E-state index in [1.165, 1.54) is 0 Å². The average Bonchev–Trinajstić information content (AvgIpc) is 2.39. The van der Waals surface area contributed by atoms with E-state index in [1.54, 1.807) is 6.20 Å². The molecule has 1 heterocycles. The number of hydrogen-bond donors (Lipinski definition) is 2. The molecule has 19 heavy (non-hydrogen) atoms. The lowest BCUT2D eigenvalue weighted by molar-refractivity contribution is 0.546. The minimum absolute atomic E-state index is 0.0747. The number of hydrogen-bond acceptors (Lipinski definition) is 3. The maximum atomic E-state index is 6.24. The van der Waals surface area contributed by atoms with Gasteiger partial charge in [-0.15, -0.1) is 0 Å². The zero-order chi connectivity index (χ0) is 13.8. The van der Waals surface area contributed by atoms with E-state index in [0.717, 1.165) is 20.2 Å². The molecule has 2 aromatic rings. The van der Waals surface area contributed by atoms with E-state index in [1.807, 2.05) is 30.3 Å². The summed E-state index contributed by atoms with van der Waals surface area (Å²) >= 11 is 13.0. The van der Waals surface area contributed by atoms with Gasteiger partial charge in [0.25, 0.3) is 0 Å². The van der Waals surface area contributed by atoms with Crippen molar-refractivity contribution in [3.63, 3.8) is 0 Å². The normalized spacial score (nSPS) is 12.4. The molecular weight excluding hydrogens is 393 g/mol. The Kier molecular flexibility index (Phi) is 5.36. The second kappa shape index (κ2) is 6.81. The van der Waals surface area contributed by atoms with Crippen molar-refractivity contribution in [1.29, 1.82) is 0 Å². The fraction of sp³-hybridized carbons (Fsp3) is 0.154. The molecule has 0 bridgehead atoms. The lowest BCUT2D eigenvalue weighted by atomic mass is 10.0. The smallest absolute Gasteiger partial charge is 0.0530 e. The highest BCUT2D eigenvalue weighted by Gasteiger charge is 2.14. The zero-order valence-corrected chi connectivity index (χ0v) is 13.8. The summed E-state index contributed by atoms with van der Waals surface area (Å²) in [5.74, 6) is 5.63. The van der Waals surface area contributed by atoms with Crippen molar-refractivity contribution in [3.05, 3.63) is 61.8 Å². The van der Waals surface area contributed by atoms with Crippen molar-refractivity contribution < 1.29 is 0 Å². The molecule has 3 nitrogen and oxygen atoms in total. The quantitative estimate of drug-likeness (QED) is 0.597. The van der Waals surface area contributed by atoms with Gasteiger partial charge in [-0.05, 0) is 45.8 Å². The van der Waals surface area contributed by atoms with Crippen molar-refractivity contribution in [2.24, 2.45) is 5.84 Å². The van der Waals surface area contributed by atoms with Crippen molar-refractivity contribution in [3.8, 4) is 0 Å². The molecule has 0 saturated heterocycles. The summed E-state index contributed by atoms with van der Waals surface area (Å²) < 4.78 is 1.90. The minimum Gasteiger partial charge on any atom is -0.271 e. The van der Waals surface area contributed by atoms with Crippen LogP contribution in [0.4, 0.5) is 0 Å². The van der Waals surface area contributed by atoms with Crippen LogP contribution in [-0.2, 0) is 6.42 Å². The number of benzene rings is 1. The molecule has 0 aliphatic rings. The van der Waals surface area contributed by atoms with Crippen LogP contribution in [0, 0.1) is 0 Å². The first-order valence-electron chi connectivity index (χ1n) is 5.61. The van der Waals surface area contributed by atoms with Gasteiger partial charge >= 0.3 is 0 Å². The number of nitrogens with one attached hydrogen (secondary N) is 1. The van der Waals surface area contributed by atoms with E-state index in [-0.39, 0.29) is 6.04 Å². The van der Waals surface area contributed by atoms with Crippen LogP contribution in [0.25, 0.3) is 0 Å². The van der Waals surface area contributed by atoms with Crippen LogP contribution in [0.5, 0.6) is 0 Å². The largest absolute Gasteiger partial charge is 0.271 e. The molecule has 0 aliphatic heterocycles. The second-order valence-corrected chi connectivity index (χ2v) is 6.30. The van der Waals surface area contributed by atoms with E-state index in [4.69, 9.17) is 17.4 Å².